The Bertz CT molecular complexity index is 1290. The van der Waals surface area contributed by atoms with Gasteiger partial charge in [-0.3, -0.25) is 4.79 Å². The van der Waals surface area contributed by atoms with E-state index in [4.69, 9.17) is 14.2 Å². The summed E-state index contributed by atoms with van der Waals surface area (Å²) in [5.41, 5.74) is 4.56. The second kappa shape index (κ2) is 11.4. The Morgan fingerprint density at radius 3 is 2.69 bits per heavy atom. The Labute approximate surface area is 215 Å². The van der Waals surface area contributed by atoms with Gasteiger partial charge in [-0.05, 0) is 72.6 Å². The lowest BCUT2D eigenvalue weighted by molar-refractivity contribution is -0.111. The largest absolute Gasteiger partial charge is 0.493 e. The van der Waals surface area contributed by atoms with Crippen molar-refractivity contribution >= 4 is 34.3 Å². The fourth-order valence-corrected chi connectivity index (χ4v) is 5.72. The Morgan fingerprint density at radius 2 is 1.94 bits per heavy atom. The van der Waals surface area contributed by atoms with Gasteiger partial charge < -0.3 is 19.5 Å². The van der Waals surface area contributed by atoms with E-state index in [1.807, 2.05) is 36.4 Å². The molecular formula is C29H31NO5S. The van der Waals surface area contributed by atoms with Crippen molar-refractivity contribution in [3.8, 4) is 11.5 Å². The maximum absolute atomic E-state index is 12.7. The number of anilines is 1. The molecule has 1 amide bonds. The average molecular weight is 506 g/mol. The van der Waals surface area contributed by atoms with E-state index >= 15 is 0 Å². The Morgan fingerprint density at radius 1 is 1.14 bits per heavy atom. The number of hydrogen-bond donors (Lipinski definition) is 1. The predicted octanol–water partition coefficient (Wildman–Crippen LogP) is 6.21. The molecule has 0 radical (unpaired) electrons. The third-order valence-electron chi connectivity index (χ3n) is 6.40. The number of methoxy groups -OCH3 is 2. The minimum absolute atomic E-state index is 0.314. The summed E-state index contributed by atoms with van der Waals surface area (Å²) in [6, 6.07) is 13.6. The number of benzene rings is 2. The molecule has 1 aliphatic carbocycles. The van der Waals surface area contributed by atoms with Crippen molar-refractivity contribution in [1.29, 1.82) is 0 Å². The summed E-state index contributed by atoms with van der Waals surface area (Å²) in [7, 11) is 2.95. The van der Waals surface area contributed by atoms with Crippen LogP contribution in [0, 0.1) is 12.8 Å². The predicted molar refractivity (Wildman–Crippen MR) is 143 cm³/mol. The number of ether oxygens (including phenoxy) is 3. The number of carbonyl (C=O) groups excluding carboxylic acids is 2. The van der Waals surface area contributed by atoms with Crippen molar-refractivity contribution in [1.82, 2.24) is 0 Å². The molecule has 0 fully saturated rings. The molecule has 1 heterocycles. The molecule has 6 nitrogen and oxygen atoms in total. The molecule has 1 aromatic heterocycles. The van der Waals surface area contributed by atoms with Gasteiger partial charge in [0.1, 0.15) is 11.6 Å². The van der Waals surface area contributed by atoms with Gasteiger partial charge in [0.25, 0.3) is 0 Å². The van der Waals surface area contributed by atoms with Crippen molar-refractivity contribution in [3.63, 3.8) is 0 Å². The summed E-state index contributed by atoms with van der Waals surface area (Å²) < 4.78 is 16.5. The van der Waals surface area contributed by atoms with Crippen LogP contribution in [0.5, 0.6) is 11.5 Å². The number of thiophene rings is 1. The standard InChI is InChI=1S/C29H31NO5S/c1-18-9-12-22-25(15-18)36-28(27(22)29(32)34-4)30-26(31)14-11-20-10-13-23(24(16-20)33-3)35-17-21-8-6-5-7-19(21)2/h5-8,10-11,13-14,16,18H,9,12,15,17H2,1-4H3,(H,30,31)/b14-11+. The Balaban J connectivity index is 1.46. The summed E-state index contributed by atoms with van der Waals surface area (Å²) in [4.78, 5) is 26.4. The van der Waals surface area contributed by atoms with Gasteiger partial charge in [-0.1, -0.05) is 37.3 Å². The number of carbonyl (C=O) groups is 2. The zero-order chi connectivity index (χ0) is 25.7. The molecule has 4 rings (SSSR count). The van der Waals surface area contributed by atoms with Gasteiger partial charge in [-0.2, -0.15) is 0 Å². The van der Waals surface area contributed by atoms with Gasteiger partial charge in [0, 0.05) is 11.0 Å². The molecule has 36 heavy (non-hydrogen) atoms. The average Bonchev–Trinajstić information content (AvgIpc) is 3.23. The van der Waals surface area contributed by atoms with Crippen LogP contribution in [0.4, 0.5) is 5.00 Å². The second-order valence-electron chi connectivity index (χ2n) is 9.00. The number of esters is 1. The summed E-state index contributed by atoms with van der Waals surface area (Å²) in [5.74, 6) is 1.05. The van der Waals surface area contributed by atoms with Gasteiger partial charge in [0.05, 0.1) is 19.8 Å². The van der Waals surface area contributed by atoms with Gasteiger partial charge in [-0.25, -0.2) is 4.79 Å². The topological polar surface area (TPSA) is 73.9 Å². The van der Waals surface area contributed by atoms with Gasteiger partial charge in [0.2, 0.25) is 5.91 Å². The van der Waals surface area contributed by atoms with Gasteiger partial charge in [-0.15, -0.1) is 11.3 Å². The molecule has 7 heteroatoms. The molecule has 1 atom stereocenters. The Kier molecular flexibility index (Phi) is 8.10. The van der Waals surface area contributed by atoms with Crippen molar-refractivity contribution in [2.24, 2.45) is 5.92 Å². The highest BCUT2D eigenvalue weighted by Gasteiger charge is 2.28. The third kappa shape index (κ3) is 5.79. The van der Waals surface area contributed by atoms with Crippen molar-refractivity contribution < 1.29 is 23.8 Å². The molecular weight excluding hydrogens is 474 g/mol. The van der Waals surface area contributed by atoms with Crippen LogP contribution in [-0.2, 0) is 29.0 Å². The lowest BCUT2D eigenvalue weighted by Gasteiger charge is -2.18. The first kappa shape index (κ1) is 25.5. The van der Waals surface area contributed by atoms with E-state index in [-0.39, 0.29) is 5.91 Å². The van der Waals surface area contributed by atoms with Crippen LogP contribution in [-0.4, -0.2) is 26.1 Å². The highest BCUT2D eigenvalue weighted by atomic mass is 32.1. The lowest BCUT2D eigenvalue weighted by Crippen LogP contribution is -2.14. The van der Waals surface area contributed by atoms with Crippen LogP contribution < -0.4 is 14.8 Å². The zero-order valence-corrected chi connectivity index (χ0v) is 21.9. The molecule has 3 aromatic rings. The molecule has 0 bridgehead atoms. The SMILES string of the molecule is COC(=O)c1c(NC(=O)/C=C/c2ccc(OCc3ccccc3C)c(OC)c2)sc2c1CCC(C)C2. The van der Waals surface area contributed by atoms with E-state index < -0.39 is 5.97 Å². The number of aryl methyl sites for hydroxylation is 1. The molecule has 1 unspecified atom stereocenters. The number of nitrogens with one attached hydrogen (secondary N) is 1. The van der Waals surface area contributed by atoms with Gasteiger partial charge >= 0.3 is 5.97 Å². The van der Waals surface area contributed by atoms with Crippen LogP contribution in [0.1, 0.15) is 50.8 Å². The molecule has 1 aliphatic rings. The molecule has 0 aliphatic heterocycles. The summed E-state index contributed by atoms with van der Waals surface area (Å²) in [6.07, 6.45) is 5.91. The fourth-order valence-electron chi connectivity index (χ4n) is 4.32. The quantitative estimate of drug-likeness (QED) is 0.291. The molecule has 2 aromatic carbocycles. The molecule has 1 N–H and O–H groups in total. The maximum atomic E-state index is 12.7. The zero-order valence-electron chi connectivity index (χ0n) is 21.1. The van der Waals surface area contributed by atoms with Crippen LogP contribution >= 0.6 is 11.3 Å². The second-order valence-corrected chi connectivity index (χ2v) is 10.1. The summed E-state index contributed by atoms with van der Waals surface area (Å²) in [5, 5.41) is 3.44. The molecule has 0 spiro atoms. The van der Waals surface area contributed by atoms with Crippen molar-refractivity contribution in [3.05, 3.63) is 81.2 Å². The van der Waals surface area contributed by atoms with Crippen LogP contribution in [0.25, 0.3) is 6.08 Å². The number of hydrogen-bond acceptors (Lipinski definition) is 6. The van der Waals surface area contributed by atoms with Crippen molar-refractivity contribution in [2.45, 2.75) is 39.7 Å². The molecule has 0 saturated heterocycles. The normalized spacial score (nSPS) is 14.8. The van der Waals surface area contributed by atoms with E-state index in [1.165, 1.54) is 30.1 Å². The number of fused-ring (bicyclic) bond motifs is 1. The first-order chi connectivity index (χ1) is 17.4. The molecule has 188 valence electrons. The smallest absolute Gasteiger partial charge is 0.341 e. The van der Waals surface area contributed by atoms with E-state index in [9.17, 15) is 9.59 Å². The van der Waals surface area contributed by atoms with Crippen LogP contribution in [0.3, 0.4) is 0 Å². The minimum atomic E-state index is -0.410. The van der Waals surface area contributed by atoms with Crippen molar-refractivity contribution in [2.75, 3.05) is 19.5 Å². The summed E-state index contributed by atoms with van der Waals surface area (Å²) >= 11 is 1.47. The minimum Gasteiger partial charge on any atom is -0.493 e. The highest BCUT2D eigenvalue weighted by Crippen LogP contribution is 2.40. The first-order valence-corrected chi connectivity index (χ1v) is 12.8. The number of rotatable bonds is 8. The number of amides is 1. The third-order valence-corrected chi connectivity index (χ3v) is 7.57. The van der Waals surface area contributed by atoms with Crippen LogP contribution in [0.15, 0.2) is 48.5 Å². The van der Waals surface area contributed by atoms with E-state index in [2.05, 4.69) is 25.2 Å². The molecule has 0 saturated carbocycles. The maximum Gasteiger partial charge on any atom is 0.341 e. The highest BCUT2D eigenvalue weighted by molar-refractivity contribution is 7.17. The van der Waals surface area contributed by atoms with E-state index in [1.54, 1.807) is 13.2 Å². The van der Waals surface area contributed by atoms with E-state index in [0.29, 0.717) is 34.6 Å². The monoisotopic (exact) mass is 505 g/mol. The van der Waals surface area contributed by atoms with E-state index in [0.717, 1.165) is 40.8 Å². The fraction of sp³-hybridized carbons (Fsp3) is 0.310. The summed E-state index contributed by atoms with van der Waals surface area (Å²) in [6.45, 7) is 4.69. The lowest BCUT2D eigenvalue weighted by atomic mass is 9.88. The Hall–Kier alpha value is -3.58. The van der Waals surface area contributed by atoms with Crippen LogP contribution in [0.2, 0.25) is 0 Å². The first-order valence-electron chi connectivity index (χ1n) is 12.0. The van der Waals surface area contributed by atoms with Gasteiger partial charge in [0.15, 0.2) is 11.5 Å².